The highest BCUT2D eigenvalue weighted by Gasteiger charge is 2.65. The Morgan fingerprint density at radius 1 is 1.16 bits per heavy atom. The quantitative estimate of drug-likeness (QED) is 0.445. The second kappa shape index (κ2) is 7.37. The molecule has 3 fully saturated rings. The summed E-state index contributed by atoms with van der Waals surface area (Å²) in [7, 11) is 1.92. The van der Waals surface area contributed by atoms with E-state index in [-0.39, 0.29) is 16.8 Å². The number of fused-ring (bicyclic) bond motifs is 5. The van der Waals surface area contributed by atoms with Crippen LogP contribution >= 0.6 is 0 Å². The van der Waals surface area contributed by atoms with Crippen molar-refractivity contribution in [1.82, 2.24) is 4.90 Å². The third kappa shape index (κ3) is 2.96. The lowest BCUT2D eigenvalue weighted by molar-refractivity contribution is -0.167. The summed E-state index contributed by atoms with van der Waals surface area (Å²) in [6, 6.07) is 0. The van der Waals surface area contributed by atoms with Crippen LogP contribution in [0.3, 0.4) is 0 Å². The molecular formula is C28H35NO3. The van der Waals surface area contributed by atoms with Crippen LogP contribution in [0.15, 0.2) is 35.7 Å². The van der Waals surface area contributed by atoms with Gasteiger partial charge in [-0.05, 0) is 80.4 Å². The summed E-state index contributed by atoms with van der Waals surface area (Å²) < 4.78 is 6.27. The first-order chi connectivity index (χ1) is 15.2. The van der Waals surface area contributed by atoms with Crippen molar-refractivity contribution in [2.45, 2.75) is 77.2 Å². The number of ether oxygens (including phenoxy) is 1. The fourth-order valence-electron chi connectivity index (χ4n) is 8.04. The summed E-state index contributed by atoms with van der Waals surface area (Å²) in [6.07, 6.45) is 22.1. The molecule has 0 N–H and O–H groups in total. The lowest BCUT2D eigenvalue weighted by Crippen LogP contribution is -2.55. The minimum atomic E-state index is -0.833. The van der Waals surface area contributed by atoms with E-state index in [9.17, 15) is 9.59 Å². The van der Waals surface area contributed by atoms with Crippen LogP contribution in [0.25, 0.3) is 0 Å². The normalized spacial score (nSPS) is 42.8. The van der Waals surface area contributed by atoms with E-state index in [1.807, 2.05) is 36.5 Å². The van der Waals surface area contributed by atoms with Gasteiger partial charge in [0, 0.05) is 31.5 Å². The van der Waals surface area contributed by atoms with Gasteiger partial charge in [0.05, 0.1) is 5.57 Å². The first kappa shape index (κ1) is 21.6. The zero-order chi connectivity index (χ0) is 22.7. The van der Waals surface area contributed by atoms with Gasteiger partial charge in [-0.3, -0.25) is 4.79 Å². The maximum Gasteiger partial charge on any atom is 0.337 e. The lowest BCUT2D eigenvalue weighted by Gasteiger charge is -2.58. The first-order valence-corrected chi connectivity index (χ1v) is 12.3. The highest BCUT2D eigenvalue weighted by Crippen LogP contribution is 2.68. The molecule has 0 bridgehead atoms. The van der Waals surface area contributed by atoms with Gasteiger partial charge in [0.2, 0.25) is 0 Å². The average molecular weight is 434 g/mol. The molecule has 0 unspecified atom stereocenters. The van der Waals surface area contributed by atoms with Gasteiger partial charge >= 0.3 is 5.97 Å². The fraction of sp³-hybridized carbons (Fsp3) is 0.643. The summed E-state index contributed by atoms with van der Waals surface area (Å²) in [6.45, 7) is 4.68. The lowest BCUT2D eigenvalue weighted by atomic mass is 9.46. The zero-order valence-electron chi connectivity index (χ0n) is 19.7. The number of nitrogens with zero attached hydrogens (tertiary/aromatic N) is 1. The van der Waals surface area contributed by atoms with Gasteiger partial charge in [0.15, 0.2) is 11.4 Å². The van der Waals surface area contributed by atoms with E-state index in [4.69, 9.17) is 11.2 Å². The molecule has 0 radical (unpaired) electrons. The number of terminal acetylenes is 1. The Morgan fingerprint density at radius 3 is 2.69 bits per heavy atom. The van der Waals surface area contributed by atoms with Crippen molar-refractivity contribution in [3.8, 4) is 12.3 Å². The number of hydrogen-bond acceptors (Lipinski definition) is 4. The molecule has 32 heavy (non-hydrogen) atoms. The molecule has 170 valence electrons. The second-order valence-electron chi connectivity index (χ2n) is 11.2. The van der Waals surface area contributed by atoms with Crippen molar-refractivity contribution < 1.29 is 14.3 Å². The van der Waals surface area contributed by atoms with Gasteiger partial charge in [-0.2, -0.15) is 0 Å². The first-order valence-electron chi connectivity index (χ1n) is 12.3. The molecule has 0 spiro atoms. The van der Waals surface area contributed by atoms with Gasteiger partial charge < -0.3 is 9.64 Å². The molecule has 5 aliphatic rings. The third-order valence-electron chi connectivity index (χ3n) is 9.88. The Morgan fingerprint density at radius 2 is 1.94 bits per heavy atom. The van der Waals surface area contributed by atoms with Crippen molar-refractivity contribution in [2.24, 2.45) is 28.6 Å². The molecular weight excluding hydrogens is 398 g/mol. The van der Waals surface area contributed by atoms with Crippen LogP contribution in [0, 0.1) is 40.9 Å². The SMILES string of the molecule is C#C[C@]1(OC(=O)C2=CN(C)C=CC2)CC[C@H]2[C@@H]3CCC4=CC(=O)CC[C@]4(C)[C@H]3CC[C@@]21C. The topological polar surface area (TPSA) is 46.6 Å². The number of rotatable bonds is 2. The number of hydrogen-bond donors (Lipinski definition) is 0. The summed E-state index contributed by atoms with van der Waals surface area (Å²) in [5.74, 6) is 4.68. The molecule has 1 aliphatic heterocycles. The van der Waals surface area contributed by atoms with Crippen LogP contribution < -0.4 is 0 Å². The molecule has 4 aliphatic carbocycles. The van der Waals surface area contributed by atoms with Gasteiger partial charge in [-0.1, -0.05) is 31.4 Å². The van der Waals surface area contributed by atoms with Gasteiger partial charge in [-0.25, -0.2) is 4.79 Å². The maximum atomic E-state index is 13.1. The molecule has 4 heteroatoms. The van der Waals surface area contributed by atoms with Crippen molar-refractivity contribution in [1.29, 1.82) is 0 Å². The van der Waals surface area contributed by atoms with Crippen molar-refractivity contribution >= 4 is 11.8 Å². The highest BCUT2D eigenvalue weighted by atomic mass is 16.6. The van der Waals surface area contributed by atoms with Crippen molar-refractivity contribution in [2.75, 3.05) is 7.05 Å². The van der Waals surface area contributed by atoms with Crippen LogP contribution in [0.2, 0.25) is 0 Å². The molecule has 6 atom stereocenters. The summed E-state index contributed by atoms with van der Waals surface area (Å²) in [5, 5.41) is 0. The van der Waals surface area contributed by atoms with Crippen LogP contribution in [0.1, 0.15) is 71.6 Å². The van der Waals surface area contributed by atoms with E-state index >= 15 is 0 Å². The van der Waals surface area contributed by atoms with E-state index < -0.39 is 5.60 Å². The minimum absolute atomic E-state index is 0.139. The monoisotopic (exact) mass is 433 g/mol. The zero-order valence-corrected chi connectivity index (χ0v) is 19.7. The molecule has 1 heterocycles. The number of ketones is 1. The number of carbonyl (C=O) groups excluding carboxylic acids is 2. The number of esters is 1. The number of carbonyl (C=O) groups is 2. The Labute approximate surface area is 192 Å². The third-order valence-corrected chi connectivity index (χ3v) is 9.88. The average Bonchev–Trinajstić information content (AvgIpc) is 3.06. The Kier molecular flexibility index (Phi) is 4.97. The number of allylic oxidation sites excluding steroid dienone is 2. The summed E-state index contributed by atoms with van der Waals surface area (Å²) >= 11 is 0. The Hall–Kier alpha value is -2.28. The van der Waals surface area contributed by atoms with Gasteiger partial charge in [0.25, 0.3) is 0 Å². The second-order valence-corrected chi connectivity index (χ2v) is 11.2. The predicted octanol–water partition coefficient (Wildman–Crippen LogP) is 5.17. The Bertz CT molecular complexity index is 983. The van der Waals surface area contributed by atoms with Crippen LogP contribution in [0.5, 0.6) is 0 Å². The predicted molar refractivity (Wildman–Crippen MR) is 124 cm³/mol. The van der Waals surface area contributed by atoms with E-state index in [0.29, 0.717) is 42.0 Å². The highest BCUT2D eigenvalue weighted by molar-refractivity contribution is 5.91. The molecule has 0 aromatic carbocycles. The van der Waals surface area contributed by atoms with Crippen LogP contribution in [0.4, 0.5) is 0 Å². The fourth-order valence-corrected chi connectivity index (χ4v) is 8.04. The molecule has 5 rings (SSSR count). The minimum Gasteiger partial charge on any atom is -0.442 e. The summed E-state index contributed by atoms with van der Waals surface area (Å²) in [4.78, 5) is 27.1. The van der Waals surface area contributed by atoms with Gasteiger partial charge in [-0.15, -0.1) is 6.42 Å². The van der Waals surface area contributed by atoms with E-state index in [1.54, 1.807) is 0 Å². The largest absolute Gasteiger partial charge is 0.442 e. The molecule has 0 saturated heterocycles. The van der Waals surface area contributed by atoms with E-state index in [0.717, 1.165) is 44.9 Å². The standard InChI is InChI=1S/C28H35NO3/c1-5-28(32-25(31)19-7-6-16-29(4)18-19)15-12-24-22-9-8-20-17-21(30)10-13-26(20,2)23(22)11-14-27(24,28)3/h1,6,16-18,22-24H,7-15H2,2-4H3/t22-,23+,24+,26+,27+,28+/m1/s1. The van der Waals surface area contributed by atoms with Crippen LogP contribution in [-0.4, -0.2) is 29.3 Å². The summed E-state index contributed by atoms with van der Waals surface area (Å²) in [5.41, 5.74) is 1.15. The maximum absolute atomic E-state index is 13.1. The van der Waals surface area contributed by atoms with Crippen LogP contribution in [-0.2, 0) is 14.3 Å². The van der Waals surface area contributed by atoms with E-state index in [1.165, 1.54) is 5.57 Å². The molecule has 0 aromatic heterocycles. The molecule has 0 aromatic rings. The smallest absolute Gasteiger partial charge is 0.337 e. The van der Waals surface area contributed by atoms with Gasteiger partial charge in [0.1, 0.15) is 0 Å². The van der Waals surface area contributed by atoms with Crippen molar-refractivity contribution in [3.63, 3.8) is 0 Å². The Balaban J connectivity index is 1.42. The molecule has 4 nitrogen and oxygen atoms in total. The van der Waals surface area contributed by atoms with Crippen molar-refractivity contribution in [3.05, 3.63) is 35.7 Å². The molecule has 3 saturated carbocycles. The molecule has 0 amide bonds. The van der Waals surface area contributed by atoms with E-state index in [2.05, 4.69) is 19.8 Å².